The minimum atomic E-state index is 0.117. The minimum absolute atomic E-state index is 0.117. The fourth-order valence-electron chi connectivity index (χ4n) is 1.76. The number of hydrogen-bond donors (Lipinski definition) is 1. The van der Waals surface area contributed by atoms with E-state index >= 15 is 0 Å². The maximum atomic E-state index is 6.21. The van der Waals surface area contributed by atoms with E-state index in [4.69, 9.17) is 5.73 Å². The predicted molar refractivity (Wildman–Crippen MR) is 78.4 cm³/mol. The van der Waals surface area contributed by atoms with Gasteiger partial charge in [-0.2, -0.15) is 11.3 Å². The van der Waals surface area contributed by atoms with Crippen molar-refractivity contribution in [3.05, 3.63) is 56.2 Å². The fraction of sp³-hybridized carbons (Fsp3) is 0.286. The van der Waals surface area contributed by atoms with Crippen molar-refractivity contribution in [2.75, 3.05) is 0 Å². The van der Waals surface area contributed by atoms with E-state index in [1.807, 2.05) is 0 Å². The van der Waals surface area contributed by atoms with E-state index in [-0.39, 0.29) is 6.04 Å². The SMILES string of the molecule is Cc1ccc(C(N)CCc2ccsc2)cc1Br. The lowest BCUT2D eigenvalue weighted by molar-refractivity contribution is 0.651. The second kappa shape index (κ2) is 5.80. The van der Waals surface area contributed by atoms with Gasteiger partial charge in [0.05, 0.1) is 0 Å². The van der Waals surface area contributed by atoms with Crippen molar-refractivity contribution in [3.8, 4) is 0 Å². The first-order chi connectivity index (χ1) is 8.16. The first kappa shape index (κ1) is 12.8. The molecule has 90 valence electrons. The molecule has 1 unspecified atom stereocenters. The van der Waals surface area contributed by atoms with Crippen LogP contribution in [0.2, 0.25) is 0 Å². The van der Waals surface area contributed by atoms with Crippen LogP contribution in [0, 0.1) is 6.92 Å². The van der Waals surface area contributed by atoms with Gasteiger partial charge in [0.2, 0.25) is 0 Å². The molecule has 0 spiro atoms. The molecule has 3 heteroatoms. The Morgan fingerprint density at radius 2 is 2.18 bits per heavy atom. The highest BCUT2D eigenvalue weighted by Gasteiger charge is 2.07. The van der Waals surface area contributed by atoms with Crippen LogP contribution in [0.25, 0.3) is 0 Å². The predicted octanol–water partition coefficient (Wildman–Crippen LogP) is 4.45. The number of hydrogen-bond acceptors (Lipinski definition) is 2. The monoisotopic (exact) mass is 309 g/mol. The second-order valence-corrected chi connectivity index (χ2v) is 5.92. The van der Waals surface area contributed by atoms with E-state index in [0.29, 0.717) is 0 Å². The molecule has 2 aromatic rings. The molecule has 2 rings (SSSR count). The normalized spacial score (nSPS) is 12.6. The van der Waals surface area contributed by atoms with Crippen molar-refractivity contribution in [1.29, 1.82) is 0 Å². The molecule has 0 aliphatic rings. The number of thiophene rings is 1. The summed E-state index contributed by atoms with van der Waals surface area (Å²) in [6.07, 6.45) is 2.04. The van der Waals surface area contributed by atoms with E-state index in [9.17, 15) is 0 Å². The summed E-state index contributed by atoms with van der Waals surface area (Å²) >= 11 is 5.29. The number of halogens is 1. The summed E-state index contributed by atoms with van der Waals surface area (Å²) in [6, 6.07) is 8.66. The summed E-state index contributed by atoms with van der Waals surface area (Å²) in [6.45, 7) is 2.09. The number of benzene rings is 1. The van der Waals surface area contributed by atoms with Crippen molar-refractivity contribution in [3.63, 3.8) is 0 Å². The van der Waals surface area contributed by atoms with E-state index in [2.05, 4.69) is 57.9 Å². The van der Waals surface area contributed by atoms with Crippen molar-refractivity contribution in [2.45, 2.75) is 25.8 Å². The average Bonchev–Trinajstić information content (AvgIpc) is 2.82. The molecular formula is C14H16BrNS. The lowest BCUT2D eigenvalue weighted by Crippen LogP contribution is -2.11. The topological polar surface area (TPSA) is 26.0 Å². The maximum absolute atomic E-state index is 6.21. The molecule has 0 fully saturated rings. The lowest BCUT2D eigenvalue weighted by Gasteiger charge is -2.12. The van der Waals surface area contributed by atoms with E-state index in [0.717, 1.165) is 17.3 Å². The Labute approximate surface area is 115 Å². The van der Waals surface area contributed by atoms with Gasteiger partial charge in [0.25, 0.3) is 0 Å². The van der Waals surface area contributed by atoms with Crippen LogP contribution in [-0.2, 0) is 6.42 Å². The van der Waals surface area contributed by atoms with Gasteiger partial charge in [-0.25, -0.2) is 0 Å². The van der Waals surface area contributed by atoms with Crippen LogP contribution < -0.4 is 5.73 Å². The first-order valence-electron chi connectivity index (χ1n) is 5.69. The highest BCUT2D eigenvalue weighted by atomic mass is 79.9. The van der Waals surface area contributed by atoms with E-state index < -0.39 is 0 Å². The Kier molecular flexibility index (Phi) is 4.37. The number of rotatable bonds is 4. The summed E-state index contributed by atoms with van der Waals surface area (Å²) in [5, 5.41) is 4.31. The first-order valence-corrected chi connectivity index (χ1v) is 7.43. The molecule has 0 aliphatic carbocycles. The van der Waals surface area contributed by atoms with Crippen LogP contribution in [0.3, 0.4) is 0 Å². The van der Waals surface area contributed by atoms with Crippen LogP contribution in [0.15, 0.2) is 39.5 Å². The Bertz CT molecular complexity index is 479. The molecule has 0 saturated carbocycles. The van der Waals surface area contributed by atoms with Crippen molar-refractivity contribution < 1.29 is 0 Å². The Hall–Kier alpha value is -0.640. The molecule has 17 heavy (non-hydrogen) atoms. The molecule has 1 aromatic heterocycles. The Morgan fingerprint density at radius 1 is 1.35 bits per heavy atom. The third-order valence-electron chi connectivity index (χ3n) is 2.95. The minimum Gasteiger partial charge on any atom is -0.324 e. The molecule has 1 heterocycles. The van der Waals surface area contributed by atoms with Crippen LogP contribution in [0.5, 0.6) is 0 Å². The number of aryl methyl sites for hydroxylation is 2. The second-order valence-electron chi connectivity index (χ2n) is 4.29. The molecule has 0 radical (unpaired) electrons. The summed E-state index contributed by atoms with van der Waals surface area (Å²) in [7, 11) is 0. The third-order valence-corrected chi connectivity index (χ3v) is 4.53. The van der Waals surface area contributed by atoms with Gasteiger partial charge in [-0.05, 0) is 59.3 Å². The van der Waals surface area contributed by atoms with Gasteiger partial charge in [-0.1, -0.05) is 28.1 Å². The summed E-state index contributed by atoms with van der Waals surface area (Å²) in [5.74, 6) is 0. The van der Waals surface area contributed by atoms with Crippen molar-refractivity contribution >= 4 is 27.3 Å². The zero-order chi connectivity index (χ0) is 12.3. The largest absolute Gasteiger partial charge is 0.324 e. The van der Waals surface area contributed by atoms with E-state index in [1.54, 1.807) is 11.3 Å². The highest BCUT2D eigenvalue weighted by molar-refractivity contribution is 9.10. The lowest BCUT2D eigenvalue weighted by atomic mass is 10.00. The summed E-state index contributed by atoms with van der Waals surface area (Å²) in [4.78, 5) is 0. The zero-order valence-corrected chi connectivity index (χ0v) is 12.2. The Balaban J connectivity index is 1.99. The summed E-state index contributed by atoms with van der Waals surface area (Å²) in [5.41, 5.74) is 10.1. The van der Waals surface area contributed by atoms with Crippen LogP contribution >= 0.6 is 27.3 Å². The maximum Gasteiger partial charge on any atom is 0.0298 e. The zero-order valence-electron chi connectivity index (χ0n) is 9.82. The standard InChI is InChI=1S/C14H16BrNS/c1-10-2-4-12(8-13(10)15)14(16)5-3-11-6-7-17-9-11/h2,4,6-9,14H,3,5,16H2,1H3. The molecular weight excluding hydrogens is 294 g/mol. The van der Waals surface area contributed by atoms with Crippen LogP contribution in [0.1, 0.15) is 29.2 Å². The van der Waals surface area contributed by atoms with E-state index in [1.165, 1.54) is 16.7 Å². The highest BCUT2D eigenvalue weighted by Crippen LogP contribution is 2.23. The van der Waals surface area contributed by atoms with Crippen LogP contribution in [-0.4, -0.2) is 0 Å². The van der Waals surface area contributed by atoms with Crippen LogP contribution in [0.4, 0.5) is 0 Å². The van der Waals surface area contributed by atoms with Gasteiger partial charge in [0.1, 0.15) is 0 Å². The molecule has 1 atom stereocenters. The average molecular weight is 310 g/mol. The Morgan fingerprint density at radius 3 is 2.82 bits per heavy atom. The van der Waals surface area contributed by atoms with Gasteiger partial charge in [0, 0.05) is 10.5 Å². The molecule has 0 amide bonds. The quantitative estimate of drug-likeness (QED) is 0.887. The fourth-order valence-corrected chi connectivity index (χ4v) is 2.86. The molecule has 0 bridgehead atoms. The molecule has 0 saturated heterocycles. The number of nitrogens with two attached hydrogens (primary N) is 1. The third kappa shape index (κ3) is 3.41. The van der Waals surface area contributed by atoms with Crippen molar-refractivity contribution in [2.24, 2.45) is 5.73 Å². The van der Waals surface area contributed by atoms with Gasteiger partial charge in [0.15, 0.2) is 0 Å². The molecule has 2 N–H and O–H groups in total. The molecule has 0 aliphatic heterocycles. The van der Waals surface area contributed by atoms with Crippen molar-refractivity contribution in [1.82, 2.24) is 0 Å². The molecule has 1 nitrogen and oxygen atoms in total. The van der Waals surface area contributed by atoms with Gasteiger partial charge < -0.3 is 5.73 Å². The van der Waals surface area contributed by atoms with Gasteiger partial charge in [-0.15, -0.1) is 0 Å². The van der Waals surface area contributed by atoms with Gasteiger partial charge >= 0.3 is 0 Å². The molecule has 1 aromatic carbocycles. The summed E-state index contributed by atoms with van der Waals surface area (Å²) < 4.78 is 1.14. The van der Waals surface area contributed by atoms with Gasteiger partial charge in [-0.3, -0.25) is 0 Å². The smallest absolute Gasteiger partial charge is 0.0298 e.